The molecule has 0 saturated heterocycles. The molecule has 113 valence electrons. The third kappa shape index (κ3) is 3.49. The average molecular weight is 298 g/mol. The Labute approximate surface area is 128 Å². The number of carboxylic acid groups (broad SMARTS) is 1. The van der Waals surface area contributed by atoms with Gasteiger partial charge in [0.15, 0.2) is 0 Å². The van der Waals surface area contributed by atoms with Gasteiger partial charge in [-0.05, 0) is 24.1 Å². The van der Waals surface area contributed by atoms with Gasteiger partial charge >= 0.3 is 5.97 Å². The smallest absolute Gasteiger partial charge is 0.303 e. The minimum Gasteiger partial charge on any atom is -0.481 e. The third-order valence-electron chi connectivity index (χ3n) is 3.56. The molecule has 1 aromatic heterocycles. The molecule has 0 fully saturated rings. The van der Waals surface area contributed by atoms with Crippen molar-refractivity contribution < 1.29 is 19.5 Å². The van der Waals surface area contributed by atoms with E-state index in [-0.39, 0.29) is 18.6 Å². The zero-order valence-electron chi connectivity index (χ0n) is 12.2. The van der Waals surface area contributed by atoms with Crippen molar-refractivity contribution >= 4 is 18.0 Å². The second-order valence-electron chi connectivity index (χ2n) is 5.01. The van der Waals surface area contributed by atoms with Crippen molar-refractivity contribution in [1.82, 2.24) is 4.57 Å². The summed E-state index contributed by atoms with van der Waals surface area (Å²) < 4.78 is 1.69. The second-order valence-corrected chi connectivity index (χ2v) is 5.01. The molecule has 0 aliphatic rings. The lowest BCUT2D eigenvalue weighted by Crippen LogP contribution is -2.09. The largest absolute Gasteiger partial charge is 0.481 e. The summed E-state index contributed by atoms with van der Waals surface area (Å²) in [6.07, 6.45) is 2.47. The van der Waals surface area contributed by atoms with E-state index < -0.39 is 5.97 Å². The Hall–Kier alpha value is -2.69. The standard InChI is InChI=1S/C17H16NO4/c1-18-14(10-11-19)7-8-15(18)17(22)13-5-2-12(3-6-13)4-9-16(20)21/h2-3,5-8H,4,9-10H2,1H3,(H,20,21). The van der Waals surface area contributed by atoms with E-state index in [4.69, 9.17) is 5.11 Å². The predicted molar refractivity (Wildman–Crippen MR) is 80.6 cm³/mol. The van der Waals surface area contributed by atoms with E-state index in [9.17, 15) is 14.4 Å². The molecule has 0 saturated carbocycles. The summed E-state index contributed by atoms with van der Waals surface area (Å²) in [5, 5.41) is 8.66. The van der Waals surface area contributed by atoms with Gasteiger partial charge in [-0.1, -0.05) is 24.3 Å². The molecule has 0 bridgehead atoms. The number of hydrogen-bond donors (Lipinski definition) is 1. The Bertz CT molecular complexity index is 698. The summed E-state index contributed by atoms with van der Waals surface area (Å²) in [7, 11) is 1.74. The van der Waals surface area contributed by atoms with Crippen LogP contribution >= 0.6 is 0 Å². The van der Waals surface area contributed by atoms with E-state index in [1.54, 1.807) is 48.0 Å². The Morgan fingerprint density at radius 2 is 1.82 bits per heavy atom. The summed E-state index contributed by atoms with van der Waals surface area (Å²) in [5.74, 6) is -0.979. The second kappa shape index (κ2) is 6.85. The number of carboxylic acids is 1. The maximum absolute atomic E-state index is 12.4. The van der Waals surface area contributed by atoms with Gasteiger partial charge in [0.05, 0.1) is 12.1 Å². The molecule has 0 aliphatic heterocycles. The number of carbonyl (C=O) groups is 2. The van der Waals surface area contributed by atoms with Gasteiger partial charge in [0.1, 0.15) is 0 Å². The van der Waals surface area contributed by atoms with Gasteiger partial charge in [0, 0.05) is 24.7 Å². The lowest BCUT2D eigenvalue weighted by molar-refractivity contribution is -0.136. The van der Waals surface area contributed by atoms with Crippen LogP contribution < -0.4 is 0 Å². The van der Waals surface area contributed by atoms with E-state index in [0.717, 1.165) is 11.3 Å². The molecule has 1 N–H and O–H groups in total. The van der Waals surface area contributed by atoms with E-state index >= 15 is 0 Å². The van der Waals surface area contributed by atoms with E-state index in [1.807, 2.05) is 6.29 Å². The SMILES string of the molecule is Cn1c(C[C]=O)ccc1C(=O)c1ccc(CCC(=O)O)cc1. The van der Waals surface area contributed by atoms with Crippen molar-refractivity contribution in [2.45, 2.75) is 19.3 Å². The monoisotopic (exact) mass is 298 g/mol. The number of benzene rings is 1. The molecular formula is C17H16NO4. The van der Waals surface area contributed by atoms with Crippen LogP contribution in [0.2, 0.25) is 0 Å². The Kier molecular flexibility index (Phi) is 4.88. The molecule has 0 amide bonds. The van der Waals surface area contributed by atoms with Gasteiger partial charge in [-0.15, -0.1) is 0 Å². The van der Waals surface area contributed by atoms with Crippen molar-refractivity contribution in [3.05, 3.63) is 58.9 Å². The molecule has 22 heavy (non-hydrogen) atoms. The predicted octanol–water partition coefficient (Wildman–Crippen LogP) is 1.93. The molecule has 1 heterocycles. The summed E-state index contributed by atoms with van der Waals surface area (Å²) in [5.41, 5.74) is 2.64. The van der Waals surface area contributed by atoms with Gasteiger partial charge in [-0.3, -0.25) is 14.4 Å². The van der Waals surface area contributed by atoms with Gasteiger partial charge in [-0.2, -0.15) is 0 Å². The fraction of sp³-hybridized carbons (Fsp3) is 0.235. The van der Waals surface area contributed by atoms with Gasteiger partial charge < -0.3 is 9.67 Å². The molecule has 5 nitrogen and oxygen atoms in total. The van der Waals surface area contributed by atoms with Gasteiger partial charge in [0.2, 0.25) is 12.1 Å². The summed E-state index contributed by atoms with van der Waals surface area (Å²) in [4.78, 5) is 33.4. The van der Waals surface area contributed by atoms with Crippen LogP contribution in [0, 0.1) is 0 Å². The molecule has 2 rings (SSSR count). The van der Waals surface area contributed by atoms with Crippen molar-refractivity contribution in [3.63, 3.8) is 0 Å². The van der Waals surface area contributed by atoms with Crippen molar-refractivity contribution in [1.29, 1.82) is 0 Å². The number of aromatic nitrogens is 1. The minimum absolute atomic E-state index is 0.0661. The summed E-state index contributed by atoms with van der Waals surface area (Å²) in [6, 6.07) is 10.3. The van der Waals surface area contributed by atoms with Crippen LogP contribution in [-0.2, 0) is 29.5 Å². The fourth-order valence-corrected chi connectivity index (χ4v) is 2.25. The molecule has 1 radical (unpaired) electrons. The highest BCUT2D eigenvalue weighted by Crippen LogP contribution is 2.15. The first kappa shape index (κ1) is 15.7. The zero-order valence-corrected chi connectivity index (χ0v) is 12.2. The normalized spacial score (nSPS) is 10.4. The first-order chi connectivity index (χ1) is 10.5. The van der Waals surface area contributed by atoms with Crippen LogP contribution in [0.5, 0.6) is 0 Å². The molecular weight excluding hydrogens is 282 g/mol. The highest BCUT2D eigenvalue weighted by Gasteiger charge is 2.14. The fourth-order valence-electron chi connectivity index (χ4n) is 2.25. The number of rotatable bonds is 7. The maximum Gasteiger partial charge on any atom is 0.303 e. The van der Waals surface area contributed by atoms with Crippen molar-refractivity contribution in [3.8, 4) is 0 Å². The van der Waals surface area contributed by atoms with Crippen LogP contribution in [0.1, 0.15) is 33.7 Å². The van der Waals surface area contributed by atoms with Crippen LogP contribution in [0.3, 0.4) is 0 Å². The third-order valence-corrected chi connectivity index (χ3v) is 3.56. The molecule has 0 atom stereocenters. The number of carbonyl (C=O) groups excluding carboxylic acids is 2. The minimum atomic E-state index is -0.844. The topological polar surface area (TPSA) is 76.4 Å². The number of aliphatic carboxylic acids is 1. The highest BCUT2D eigenvalue weighted by molar-refractivity contribution is 6.08. The summed E-state index contributed by atoms with van der Waals surface area (Å²) >= 11 is 0. The van der Waals surface area contributed by atoms with Crippen LogP contribution in [0.25, 0.3) is 0 Å². The number of hydrogen-bond acceptors (Lipinski definition) is 3. The van der Waals surface area contributed by atoms with E-state index in [0.29, 0.717) is 17.7 Å². The Balaban J connectivity index is 2.16. The zero-order chi connectivity index (χ0) is 16.1. The quantitative estimate of drug-likeness (QED) is 0.792. The highest BCUT2D eigenvalue weighted by atomic mass is 16.4. The van der Waals surface area contributed by atoms with Gasteiger partial charge in [-0.25, -0.2) is 0 Å². The molecule has 5 heteroatoms. The van der Waals surface area contributed by atoms with Crippen molar-refractivity contribution in [2.75, 3.05) is 0 Å². The maximum atomic E-state index is 12.4. The molecule has 2 aromatic rings. The number of aryl methyl sites for hydroxylation is 1. The number of nitrogens with zero attached hydrogens (tertiary/aromatic N) is 1. The molecule has 0 spiro atoms. The van der Waals surface area contributed by atoms with E-state index in [1.165, 1.54) is 0 Å². The molecule has 0 unspecified atom stereocenters. The molecule has 1 aromatic carbocycles. The van der Waals surface area contributed by atoms with Crippen LogP contribution in [0.15, 0.2) is 36.4 Å². The lowest BCUT2D eigenvalue weighted by Gasteiger charge is -2.06. The molecule has 0 aliphatic carbocycles. The Morgan fingerprint density at radius 1 is 1.14 bits per heavy atom. The van der Waals surface area contributed by atoms with E-state index in [2.05, 4.69) is 0 Å². The van der Waals surface area contributed by atoms with Crippen LogP contribution in [0.4, 0.5) is 0 Å². The first-order valence-electron chi connectivity index (χ1n) is 6.88. The number of ketones is 1. The van der Waals surface area contributed by atoms with Gasteiger partial charge in [0.25, 0.3) is 0 Å². The lowest BCUT2D eigenvalue weighted by atomic mass is 10.0. The first-order valence-corrected chi connectivity index (χ1v) is 6.88. The Morgan fingerprint density at radius 3 is 2.41 bits per heavy atom. The van der Waals surface area contributed by atoms with Crippen LogP contribution in [-0.4, -0.2) is 27.7 Å². The average Bonchev–Trinajstić information content (AvgIpc) is 2.87. The van der Waals surface area contributed by atoms with Crippen molar-refractivity contribution in [2.24, 2.45) is 7.05 Å². The summed E-state index contributed by atoms with van der Waals surface area (Å²) in [6.45, 7) is 0.